The molecule has 1 aromatic heterocycles. The number of carbonyl (C=O) groups is 1. The zero-order valence-electron chi connectivity index (χ0n) is 12.2. The molecule has 2 aromatic rings. The summed E-state index contributed by atoms with van der Waals surface area (Å²) >= 11 is 5.89. The van der Waals surface area contributed by atoms with Crippen molar-refractivity contribution >= 4 is 23.2 Å². The molecule has 3 rings (SSSR count). The molecule has 0 radical (unpaired) electrons. The Morgan fingerprint density at radius 2 is 1.95 bits per heavy atom. The number of aromatic nitrogens is 1. The third-order valence-corrected chi connectivity index (χ3v) is 3.93. The largest absolute Gasteiger partial charge is 0.493 e. The predicted molar refractivity (Wildman–Crippen MR) is 83.9 cm³/mol. The number of halogens is 1. The van der Waals surface area contributed by atoms with Gasteiger partial charge in [-0.05, 0) is 23.8 Å². The second-order valence-electron chi connectivity index (χ2n) is 5.00. The van der Waals surface area contributed by atoms with E-state index in [9.17, 15) is 4.79 Å². The van der Waals surface area contributed by atoms with Crippen LogP contribution in [0.1, 0.15) is 23.6 Å². The van der Waals surface area contributed by atoms with Crippen molar-refractivity contribution in [2.24, 2.45) is 0 Å². The summed E-state index contributed by atoms with van der Waals surface area (Å²) in [6.07, 6.45) is 1.92. The summed E-state index contributed by atoms with van der Waals surface area (Å²) in [6, 6.07) is 7.27. The number of pyridine rings is 1. The number of rotatable bonds is 3. The molecule has 1 atom stereocenters. The van der Waals surface area contributed by atoms with Gasteiger partial charge in [-0.1, -0.05) is 11.6 Å². The molecule has 1 N–H and O–H groups in total. The van der Waals surface area contributed by atoms with Gasteiger partial charge in [0.25, 0.3) is 0 Å². The molecule has 0 aliphatic carbocycles. The maximum absolute atomic E-state index is 12.0. The Labute approximate surface area is 133 Å². The predicted octanol–water partition coefficient (Wildman–Crippen LogP) is 3.23. The van der Waals surface area contributed by atoms with Gasteiger partial charge in [0.1, 0.15) is 0 Å². The van der Waals surface area contributed by atoms with Crippen molar-refractivity contribution in [3.05, 3.63) is 46.7 Å². The monoisotopic (exact) mass is 318 g/mol. The fourth-order valence-corrected chi connectivity index (χ4v) is 2.76. The fourth-order valence-electron chi connectivity index (χ4n) is 2.65. The van der Waals surface area contributed by atoms with Crippen LogP contribution in [-0.2, 0) is 4.79 Å². The smallest absolute Gasteiger partial charge is 0.225 e. The Morgan fingerprint density at radius 3 is 2.59 bits per heavy atom. The molecule has 1 amide bonds. The van der Waals surface area contributed by atoms with Gasteiger partial charge in [0.05, 0.1) is 19.2 Å². The number of hydrogen-bond donors (Lipinski definition) is 1. The van der Waals surface area contributed by atoms with Gasteiger partial charge in [-0.15, -0.1) is 0 Å². The number of carbonyl (C=O) groups excluding carboxylic acids is 1. The van der Waals surface area contributed by atoms with Gasteiger partial charge in [-0.25, -0.2) is 0 Å². The highest BCUT2D eigenvalue weighted by Crippen LogP contribution is 2.42. The van der Waals surface area contributed by atoms with E-state index in [0.29, 0.717) is 22.9 Å². The van der Waals surface area contributed by atoms with E-state index in [0.717, 1.165) is 16.9 Å². The molecule has 0 fully saturated rings. The summed E-state index contributed by atoms with van der Waals surface area (Å²) in [5, 5.41) is 3.43. The number of nitrogens with zero attached hydrogens (tertiary/aromatic N) is 1. The van der Waals surface area contributed by atoms with E-state index in [2.05, 4.69) is 10.3 Å². The molecule has 1 unspecified atom stereocenters. The summed E-state index contributed by atoms with van der Waals surface area (Å²) in [6.45, 7) is 0. The first kappa shape index (κ1) is 14.7. The van der Waals surface area contributed by atoms with Crippen molar-refractivity contribution in [1.29, 1.82) is 0 Å². The lowest BCUT2D eigenvalue weighted by Crippen LogP contribution is -2.24. The molecule has 0 saturated heterocycles. The van der Waals surface area contributed by atoms with Crippen molar-refractivity contribution in [2.75, 3.05) is 19.5 Å². The van der Waals surface area contributed by atoms with Crippen LogP contribution in [0.3, 0.4) is 0 Å². The van der Waals surface area contributed by atoms with Crippen molar-refractivity contribution in [3.8, 4) is 11.5 Å². The quantitative estimate of drug-likeness (QED) is 0.944. The Bertz CT molecular complexity index is 716. The molecule has 6 heteroatoms. The van der Waals surface area contributed by atoms with Gasteiger partial charge >= 0.3 is 0 Å². The molecule has 0 spiro atoms. The van der Waals surface area contributed by atoms with Crippen molar-refractivity contribution < 1.29 is 14.3 Å². The SMILES string of the molecule is COc1cc2c(cc1OC)C(c1ccc(Cl)cn1)CC(=O)N2. The second-order valence-corrected chi connectivity index (χ2v) is 5.44. The van der Waals surface area contributed by atoms with Gasteiger partial charge in [0.2, 0.25) is 5.91 Å². The van der Waals surface area contributed by atoms with E-state index >= 15 is 0 Å². The molecule has 22 heavy (non-hydrogen) atoms. The molecule has 0 saturated carbocycles. The zero-order valence-corrected chi connectivity index (χ0v) is 13.0. The fraction of sp³-hybridized carbons (Fsp3) is 0.250. The second kappa shape index (κ2) is 5.85. The molecule has 2 heterocycles. The maximum atomic E-state index is 12.0. The molecule has 5 nitrogen and oxygen atoms in total. The topological polar surface area (TPSA) is 60.5 Å². The Morgan fingerprint density at radius 1 is 1.23 bits per heavy atom. The average Bonchev–Trinajstić information content (AvgIpc) is 2.53. The van der Waals surface area contributed by atoms with Crippen LogP contribution in [0.2, 0.25) is 5.02 Å². The minimum absolute atomic E-state index is 0.0542. The summed E-state index contributed by atoms with van der Waals surface area (Å²) < 4.78 is 10.6. The molecular formula is C16H15ClN2O3. The molecule has 1 aliphatic heterocycles. The van der Waals surface area contributed by atoms with Gasteiger partial charge in [0, 0.05) is 36.0 Å². The summed E-state index contributed by atoms with van der Waals surface area (Å²) in [4.78, 5) is 16.3. The Balaban J connectivity index is 2.11. The minimum Gasteiger partial charge on any atom is -0.493 e. The number of hydrogen-bond acceptors (Lipinski definition) is 4. The normalized spacial score (nSPS) is 16.7. The number of nitrogens with one attached hydrogen (secondary N) is 1. The van der Waals surface area contributed by atoms with Crippen LogP contribution in [-0.4, -0.2) is 25.1 Å². The summed E-state index contributed by atoms with van der Waals surface area (Å²) in [7, 11) is 3.15. The van der Waals surface area contributed by atoms with Crippen LogP contribution in [0.25, 0.3) is 0 Å². The first-order chi connectivity index (χ1) is 10.6. The van der Waals surface area contributed by atoms with Gasteiger partial charge < -0.3 is 14.8 Å². The third kappa shape index (κ3) is 2.60. The van der Waals surface area contributed by atoms with Gasteiger partial charge in [-0.2, -0.15) is 0 Å². The maximum Gasteiger partial charge on any atom is 0.225 e. The first-order valence-corrected chi connectivity index (χ1v) is 7.17. The molecule has 0 bridgehead atoms. The molecule has 1 aromatic carbocycles. The highest BCUT2D eigenvalue weighted by molar-refractivity contribution is 6.30. The van der Waals surface area contributed by atoms with Crippen LogP contribution in [0, 0.1) is 0 Å². The van der Waals surface area contributed by atoms with Crippen LogP contribution in [0.15, 0.2) is 30.5 Å². The van der Waals surface area contributed by atoms with E-state index in [4.69, 9.17) is 21.1 Å². The molecular weight excluding hydrogens is 304 g/mol. The van der Waals surface area contributed by atoms with Crippen LogP contribution in [0.5, 0.6) is 11.5 Å². The first-order valence-electron chi connectivity index (χ1n) is 6.79. The van der Waals surface area contributed by atoms with Crippen LogP contribution < -0.4 is 14.8 Å². The Hall–Kier alpha value is -2.27. The van der Waals surface area contributed by atoms with E-state index in [1.54, 1.807) is 32.5 Å². The average molecular weight is 319 g/mol. The van der Waals surface area contributed by atoms with Crippen molar-refractivity contribution in [2.45, 2.75) is 12.3 Å². The van der Waals surface area contributed by atoms with Crippen molar-refractivity contribution in [3.63, 3.8) is 0 Å². The van der Waals surface area contributed by atoms with E-state index in [1.165, 1.54) is 0 Å². The number of methoxy groups -OCH3 is 2. The number of anilines is 1. The molecule has 1 aliphatic rings. The lowest BCUT2D eigenvalue weighted by Gasteiger charge is -2.26. The highest BCUT2D eigenvalue weighted by atomic mass is 35.5. The minimum atomic E-state index is -0.138. The number of fused-ring (bicyclic) bond motifs is 1. The third-order valence-electron chi connectivity index (χ3n) is 3.70. The lowest BCUT2D eigenvalue weighted by molar-refractivity contribution is -0.116. The standard InChI is InChI=1S/C16H15ClN2O3/c1-21-14-5-10-11(12-4-3-9(17)8-18-12)6-16(20)19-13(10)7-15(14)22-2/h3-5,7-8,11H,6H2,1-2H3,(H,19,20). The van der Waals surface area contributed by atoms with Crippen molar-refractivity contribution in [1.82, 2.24) is 4.98 Å². The number of benzene rings is 1. The highest BCUT2D eigenvalue weighted by Gasteiger charge is 2.29. The van der Waals surface area contributed by atoms with E-state index in [1.807, 2.05) is 12.1 Å². The van der Waals surface area contributed by atoms with Gasteiger partial charge in [-0.3, -0.25) is 9.78 Å². The van der Waals surface area contributed by atoms with E-state index in [-0.39, 0.29) is 11.8 Å². The van der Waals surface area contributed by atoms with Gasteiger partial charge in [0.15, 0.2) is 11.5 Å². The summed E-state index contributed by atoms with van der Waals surface area (Å²) in [5.74, 6) is 1.00. The molecule has 114 valence electrons. The van der Waals surface area contributed by atoms with E-state index < -0.39 is 0 Å². The number of amides is 1. The zero-order chi connectivity index (χ0) is 15.7. The summed E-state index contributed by atoms with van der Waals surface area (Å²) in [5.41, 5.74) is 2.47. The lowest BCUT2D eigenvalue weighted by atomic mass is 9.87. The van der Waals surface area contributed by atoms with Crippen LogP contribution >= 0.6 is 11.6 Å². The Kier molecular flexibility index (Phi) is 3.90. The number of ether oxygens (including phenoxy) is 2. The van der Waals surface area contributed by atoms with Crippen LogP contribution in [0.4, 0.5) is 5.69 Å².